The van der Waals surface area contributed by atoms with Crippen LogP contribution in [0.15, 0.2) is 12.1 Å². The highest BCUT2D eigenvalue weighted by Crippen LogP contribution is 2.32. The highest BCUT2D eigenvalue weighted by molar-refractivity contribution is 6.36. The molecule has 2 N–H and O–H groups in total. The molecule has 0 aliphatic carbocycles. The summed E-state index contributed by atoms with van der Waals surface area (Å²) in [5.41, 5.74) is 0.418. The Morgan fingerprint density at radius 2 is 2.24 bits per heavy atom. The quantitative estimate of drug-likeness (QED) is 0.805. The fraction of sp³-hybridized carbons (Fsp3) is 0.500. The summed E-state index contributed by atoms with van der Waals surface area (Å²) in [6.07, 6.45) is 2.51. The first-order chi connectivity index (χ1) is 9.49. The fourth-order valence-electron chi connectivity index (χ4n) is 2.47. The molecule has 0 saturated carbocycles. The maximum absolute atomic E-state index is 13.5. The van der Waals surface area contributed by atoms with E-state index in [9.17, 15) is 9.18 Å². The predicted octanol–water partition coefficient (Wildman–Crippen LogP) is 3.87. The summed E-state index contributed by atoms with van der Waals surface area (Å²) in [4.78, 5) is 12.0. The molecule has 21 heavy (non-hydrogen) atoms. The van der Waals surface area contributed by atoms with Crippen LogP contribution in [-0.4, -0.2) is 18.5 Å². The summed E-state index contributed by atoms with van der Waals surface area (Å²) < 4.78 is 13.5. The molecular formula is C14H18Cl3FN2O. The highest BCUT2D eigenvalue weighted by atomic mass is 35.5. The van der Waals surface area contributed by atoms with Crippen molar-refractivity contribution in [2.45, 2.75) is 38.3 Å². The van der Waals surface area contributed by atoms with E-state index >= 15 is 0 Å². The van der Waals surface area contributed by atoms with Crippen molar-refractivity contribution in [2.75, 3.05) is 6.54 Å². The Balaban J connectivity index is 0.00000220. The second kappa shape index (κ2) is 8.18. The van der Waals surface area contributed by atoms with Crippen molar-refractivity contribution >= 4 is 41.5 Å². The van der Waals surface area contributed by atoms with Crippen LogP contribution in [0.4, 0.5) is 4.39 Å². The van der Waals surface area contributed by atoms with Crippen molar-refractivity contribution in [3.8, 4) is 0 Å². The molecule has 2 rings (SSSR count). The van der Waals surface area contributed by atoms with Crippen LogP contribution in [0.25, 0.3) is 0 Å². The average molecular weight is 356 g/mol. The Labute approximate surface area is 140 Å². The van der Waals surface area contributed by atoms with E-state index in [1.807, 2.05) is 0 Å². The molecule has 118 valence electrons. The predicted molar refractivity (Wildman–Crippen MR) is 85.9 cm³/mol. The summed E-state index contributed by atoms with van der Waals surface area (Å²) in [6.45, 7) is 2.70. The second-order valence-electron chi connectivity index (χ2n) is 5.04. The van der Waals surface area contributed by atoms with Gasteiger partial charge in [0.25, 0.3) is 0 Å². The molecule has 1 aliphatic heterocycles. The monoisotopic (exact) mass is 354 g/mol. The van der Waals surface area contributed by atoms with E-state index < -0.39 is 11.9 Å². The minimum atomic E-state index is -0.537. The molecule has 0 bridgehead atoms. The smallest absolute Gasteiger partial charge is 0.222 e. The van der Waals surface area contributed by atoms with Crippen LogP contribution in [0.3, 0.4) is 0 Å². The van der Waals surface area contributed by atoms with Crippen LogP contribution < -0.4 is 10.6 Å². The lowest BCUT2D eigenvalue weighted by Crippen LogP contribution is -2.33. The molecule has 1 aromatic rings. The minimum absolute atomic E-state index is 0. The van der Waals surface area contributed by atoms with Gasteiger partial charge in [0.05, 0.1) is 11.1 Å². The molecule has 1 aliphatic rings. The number of nitrogens with one attached hydrogen (secondary N) is 2. The van der Waals surface area contributed by atoms with Gasteiger partial charge in [-0.3, -0.25) is 4.79 Å². The van der Waals surface area contributed by atoms with E-state index in [2.05, 4.69) is 10.6 Å². The standard InChI is InChI=1S/C14H17Cl2FN2O.ClH/c1-8(13-10(15)4-5-11(17)14(13)16)19-12(20)7-9-3-2-6-18-9;/h4-5,8-9,18H,2-3,6-7H2,1H3,(H,19,20);1H. The van der Waals surface area contributed by atoms with Gasteiger partial charge in [-0.05, 0) is 38.4 Å². The third-order valence-corrected chi connectivity index (χ3v) is 4.20. The van der Waals surface area contributed by atoms with Gasteiger partial charge in [-0.25, -0.2) is 4.39 Å². The van der Waals surface area contributed by atoms with Gasteiger partial charge in [-0.15, -0.1) is 12.4 Å². The largest absolute Gasteiger partial charge is 0.349 e. The van der Waals surface area contributed by atoms with Crippen molar-refractivity contribution in [2.24, 2.45) is 0 Å². The second-order valence-corrected chi connectivity index (χ2v) is 5.83. The number of hydrogen-bond donors (Lipinski definition) is 2. The first kappa shape index (κ1) is 18.5. The minimum Gasteiger partial charge on any atom is -0.349 e. The number of halogens is 4. The molecule has 2 atom stereocenters. The molecule has 7 heteroatoms. The Bertz CT molecular complexity index is 507. The van der Waals surface area contributed by atoms with Crippen molar-refractivity contribution < 1.29 is 9.18 Å². The molecule has 1 aromatic carbocycles. The van der Waals surface area contributed by atoms with E-state index in [1.54, 1.807) is 6.92 Å². The molecule has 1 saturated heterocycles. The van der Waals surface area contributed by atoms with E-state index in [0.717, 1.165) is 19.4 Å². The molecule has 1 fully saturated rings. The van der Waals surface area contributed by atoms with E-state index in [1.165, 1.54) is 12.1 Å². The van der Waals surface area contributed by atoms with Crippen LogP contribution in [0.5, 0.6) is 0 Å². The summed E-state index contributed by atoms with van der Waals surface area (Å²) in [7, 11) is 0. The molecule has 1 amide bonds. The maximum Gasteiger partial charge on any atom is 0.222 e. The zero-order chi connectivity index (χ0) is 14.7. The van der Waals surface area contributed by atoms with Gasteiger partial charge in [-0.2, -0.15) is 0 Å². The summed E-state index contributed by atoms with van der Waals surface area (Å²) >= 11 is 12.0. The van der Waals surface area contributed by atoms with Crippen molar-refractivity contribution in [3.63, 3.8) is 0 Å². The lowest BCUT2D eigenvalue weighted by molar-refractivity contribution is -0.122. The number of carbonyl (C=O) groups excluding carboxylic acids is 1. The summed E-state index contributed by atoms with van der Waals surface area (Å²) in [6, 6.07) is 2.45. The number of carbonyl (C=O) groups is 1. The van der Waals surface area contributed by atoms with Crippen LogP contribution >= 0.6 is 35.6 Å². The van der Waals surface area contributed by atoms with Gasteiger partial charge in [0.2, 0.25) is 5.91 Å². The molecule has 1 heterocycles. The highest BCUT2D eigenvalue weighted by Gasteiger charge is 2.21. The van der Waals surface area contributed by atoms with Crippen LogP contribution in [0.2, 0.25) is 10.0 Å². The van der Waals surface area contributed by atoms with Gasteiger partial charge in [-0.1, -0.05) is 23.2 Å². The Kier molecular flexibility index (Phi) is 7.21. The van der Waals surface area contributed by atoms with Crippen molar-refractivity contribution in [1.82, 2.24) is 10.6 Å². The van der Waals surface area contributed by atoms with Gasteiger partial charge in [0, 0.05) is 23.0 Å². The SMILES string of the molecule is CC(NC(=O)CC1CCCN1)c1c(Cl)ccc(F)c1Cl.Cl. The van der Waals surface area contributed by atoms with Gasteiger partial charge >= 0.3 is 0 Å². The average Bonchev–Trinajstić information content (AvgIpc) is 2.87. The lowest BCUT2D eigenvalue weighted by atomic mass is 10.1. The van der Waals surface area contributed by atoms with Gasteiger partial charge in [0.1, 0.15) is 5.82 Å². The van der Waals surface area contributed by atoms with E-state index in [0.29, 0.717) is 17.0 Å². The van der Waals surface area contributed by atoms with Crippen LogP contribution in [0.1, 0.15) is 37.8 Å². The topological polar surface area (TPSA) is 41.1 Å². The zero-order valence-corrected chi connectivity index (χ0v) is 13.9. The third-order valence-electron chi connectivity index (χ3n) is 3.48. The summed E-state index contributed by atoms with van der Waals surface area (Å²) in [5, 5.41) is 6.39. The van der Waals surface area contributed by atoms with Gasteiger partial charge in [0.15, 0.2) is 0 Å². The first-order valence-electron chi connectivity index (χ1n) is 6.65. The number of benzene rings is 1. The summed E-state index contributed by atoms with van der Waals surface area (Å²) in [5.74, 6) is -0.627. The van der Waals surface area contributed by atoms with E-state index in [4.69, 9.17) is 23.2 Å². The zero-order valence-electron chi connectivity index (χ0n) is 11.6. The Hall–Kier alpha value is -0.550. The molecule has 3 nitrogen and oxygen atoms in total. The molecule has 2 unspecified atom stereocenters. The molecule has 0 aromatic heterocycles. The maximum atomic E-state index is 13.5. The van der Waals surface area contributed by atoms with Crippen molar-refractivity contribution in [3.05, 3.63) is 33.6 Å². The lowest BCUT2D eigenvalue weighted by Gasteiger charge is -2.19. The van der Waals surface area contributed by atoms with Gasteiger partial charge < -0.3 is 10.6 Å². The fourth-order valence-corrected chi connectivity index (χ4v) is 3.16. The number of rotatable bonds is 4. The number of hydrogen-bond acceptors (Lipinski definition) is 2. The van der Waals surface area contributed by atoms with Crippen LogP contribution in [0, 0.1) is 5.82 Å². The first-order valence-corrected chi connectivity index (χ1v) is 7.40. The Morgan fingerprint density at radius 1 is 1.52 bits per heavy atom. The molecule has 0 spiro atoms. The molecule has 0 radical (unpaired) electrons. The van der Waals surface area contributed by atoms with Crippen molar-refractivity contribution in [1.29, 1.82) is 0 Å². The van der Waals surface area contributed by atoms with E-state index in [-0.39, 0.29) is 29.4 Å². The number of amides is 1. The molecular weight excluding hydrogens is 338 g/mol. The Morgan fingerprint density at radius 3 is 2.86 bits per heavy atom. The third kappa shape index (κ3) is 4.71. The normalized spacial score (nSPS) is 19.0. The van der Waals surface area contributed by atoms with Crippen LogP contribution in [-0.2, 0) is 4.79 Å².